The fourth-order valence-electron chi connectivity index (χ4n) is 2.35. The van der Waals surface area contributed by atoms with Crippen LogP contribution in [0.15, 0.2) is 54.6 Å². The molecule has 0 heterocycles. The topological polar surface area (TPSA) is 29.5 Å². The van der Waals surface area contributed by atoms with Gasteiger partial charge in [0.15, 0.2) is 11.5 Å². The predicted octanol–water partition coefficient (Wildman–Crippen LogP) is 4.88. The molecule has 106 valence electrons. The largest absolute Gasteiger partial charge is 0.504 e. The lowest BCUT2D eigenvalue weighted by Gasteiger charge is -2.31. The summed E-state index contributed by atoms with van der Waals surface area (Å²) in [6.07, 6.45) is 3.12. The van der Waals surface area contributed by atoms with Crippen LogP contribution in [-0.4, -0.2) is 5.11 Å². The highest BCUT2D eigenvalue weighted by Gasteiger charge is 2.28. The van der Waals surface area contributed by atoms with Crippen molar-refractivity contribution in [2.45, 2.75) is 38.7 Å². The first kappa shape index (κ1) is 14.4. The van der Waals surface area contributed by atoms with Crippen molar-refractivity contribution in [2.75, 3.05) is 0 Å². The van der Waals surface area contributed by atoms with Gasteiger partial charge in [0.25, 0.3) is 0 Å². The Morgan fingerprint density at radius 2 is 1.65 bits per heavy atom. The normalized spacial score (nSPS) is 13.7. The van der Waals surface area contributed by atoms with E-state index in [2.05, 4.69) is 26.0 Å². The molecule has 0 aliphatic heterocycles. The maximum absolute atomic E-state index is 9.92. The van der Waals surface area contributed by atoms with Gasteiger partial charge in [-0.15, -0.1) is 0 Å². The fraction of sp³-hybridized carbons (Fsp3) is 0.333. The third-order valence-electron chi connectivity index (χ3n) is 3.59. The number of benzene rings is 2. The van der Waals surface area contributed by atoms with E-state index < -0.39 is 5.60 Å². The lowest BCUT2D eigenvalue weighted by atomic mass is 9.90. The zero-order chi connectivity index (χ0) is 14.4. The lowest BCUT2D eigenvalue weighted by molar-refractivity contribution is 0.0709. The Bertz CT molecular complexity index is 536. The minimum Gasteiger partial charge on any atom is -0.504 e. The van der Waals surface area contributed by atoms with E-state index in [0.717, 1.165) is 24.8 Å². The van der Waals surface area contributed by atoms with E-state index in [4.69, 9.17) is 4.74 Å². The zero-order valence-corrected chi connectivity index (χ0v) is 12.2. The Labute approximate surface area is 121 Å². The van der Waals surface area contributed by atoms with Crippen LogP contribution >= 0.6 is 0 Å². The monoisotopic (exact) mass is 270 g/mol. The standard InChI is InChI=1S/C18H22O2/c1-3-4-14-18(2,15-10-6-5-7-11-15)20-17-13-9-8-12-16(17)19/h5-13,19H,3-4,14H2,1-2H3. The number of unbranched alkanes of at least 4 members (excludes halogenated alkanes) is 1. The predicted molar refractivity (Wildman–Crippen MR) is 82.1 cm³/mol. The minimum atomic E-state index is -0.421. The number of hydrogen-bond donors (Lipinski definition) is 1. The second kappa shape index (κ2) is 6.47. The Morgan fingerprint density at radius 1 is 1.00 bits per heavy atom. The molecule has 2 aromatic carbocycles. The van der Waals surface area contributed by atoms with E-state index in [9.17, 15) is 5.11 Å². The molecule has 0 saturated carbocycles. The average Bonchev–Trinajstić information content (AvgIpc) is 2.48. The van der Waals surface area contributed by atoms with Crippen LogP contribution in [0.1, 0.15) is 38.7 Å². The third-order valence-corrected chi connectivity index (χ3v) is 3.59. The Balaban J connectivity index is 2.30. The molecular formula is C18H22O2. The molecule has 0 aliphatic carbocycles. The van der Waals surface area contributed by atoms with E-state index in [-0.39, 0.29) is 5.75 Å². The van der Waals surface area contributed by atoms with Crippen molar-refractivity contribution in [3.8, 4) is 11.5 Å². The number of para-hydroxylation sites is 2. The summed E-state index contributed by atoms with van der Waals surface area (Å²) in [5, 5.41) is 9.92. The first-order valence-electron chi connectivity index (χ1n) is 7.18. The van der Waals surface area contributed by atoms with Gasteiger partial charge in [0.2, 0.25) is 0 Å². The summed E-state index contributed by atoms with van der Waals surface area (Å²) in [7, 11) is 0. The van der Waals surface area contributed by atoms with Crippen LogP contribution in [0.4, 0.5) is 0 Å². The number of phenols is 1. The Hall–Kier alpha value is -1.96. The second-order valence-electron chi connectivity index (χ2n) is 5.27. The van der Waals surface area contributed by atoms with Gasteiger partial charge in [0.1, 0.15) is 5.60 Å². The SMILES string of the molecule is CCCCC(C)(Oc1ccccc1O)c1ccccc1. The summed E-state index contributed by atoms with van der Waals surface area (Å²) >= 11 is 0. The molecule has 0 fully saturated rings. The maximum atomic E-state index is 9.92. The van der Waals surface area contributed by atoms with Crippen LogP contribution < -0.4 is 4.74 Å². The molecule has 2 nitrogen and oxygen atoms in total. The number of rotatable bonds is 6. The number of phenolic OH excluding ortho intramolecular Hbond substituents is 1. The highest BCUT2D eigenvalue weighted by atomic mass is 16.5. The van der Waals surface area contributed by atoms with Crippen molar-refractivity contribution in [1.29, 1.82) is 0 Å². The molecule has 2 aromatic rings. The van der Waals surface area contributed by atoms with Crippen molar-refractivity contribution in [3.63, 3.8) is 0 Å². The zero-order valence-electron chi connectivity index (χ0n) is 12.2. The summed E-state index contributed by atoms with van der Waals surface area (Å²) in [5.41, 5.74) is 0.715. The highest BCUT2D eigenvalue weighted by molar-refractivity contribution is 5.39. The molecule has 1 atom stereocenters. The molecule has 0 radical (unpaired) electrons. The quantitative estimate of drug-likeness (QED) is 0.811. The Kier molecular flexibility index (Phi) is 4.67. The number of aromatic hydroxyl groups is 1. The summed E-state index contributed by atoms with van der Waals surface area (Å²) in [6, 6.07) is 17.3. The maximum Gasteiger partial charge on any atom is 0.162 e. The van der Waals surface area contributed by atoms with E-state index in [1.807, 2.05) is 30.3 Å². The molecule has 0 saturated heterocycles. The van der Waals surface area contributed by atoms with Gasteiger partial charge in [0, 0.05) is 0 Å². The van der Waals surface area contributed by atoms with Crippen LogP contribution in [-0.2, 0) is 5.60 Å². The van der Waals surface area contributed by atoms with Gasteiger partial charge in [-0.1, -0.05) is 55.8 Å². The first-order valence-corrected chi connectivity index (χ1v) is 7.18. The average molecular weight is 270 g/mol. The summed E-state index contributed by atoms with van der Waals surface area (Å²) in [4.78, 5) is 0. The smallest absolute Gasteiger partial charge is 0.162 e. The summed E-state index contributed by atoms with van der Waals surface area (Å²) in [6.45, 7) is 4.26. The summed E-state index contributed by atoms with van der Waals surface area (Å²) in [5.74, 6) is 0.723. The third kappa shape index (κ3) is 3.32. The van der Waals surface area contributed by atoms with E-state index >= 15 is 0 Å². The van der Waals surface area contributed by atoms with Crippen LogP contribution in [0.25, 0.3) is 0 Å². The summed E-state index contributed by atoms with van der Waals surface area (Å²) < 4.78 is 6.17. The van der Waals surface area contributed by atoms with Gasteiger partial charge >= 0.3 is 0 Å². The molecule has 1 N–H and O–H groups in total. The van der Waals surface area contributed by atoms with E-state index in [1.165, 1.54) is 0 Å². The highest BCUT2D eigenvalue weighted by Crippen LogP contribution is 2.36. The van der Waals surface area contributed by atoms with Crippen molar-refractivity contribution in [1.82, 2.24) is 0 Å². The van der Waals surface area contributed by atoms with Gasteiger partial charge in [0.05, 0.1) is 0 Å². The molecular weight excluding hydrogens is 248 g/mol. The van der Waals surface area contributed by atoms with Gasteiger partial charge in [-0.25, -0.2) is 0 Å². The fourth-order valence-corrected chi connectivity index (χ4v) is 2.35. The second-order valence-corrected chi connectivity index (χ2v) is 5.27. The van der Waals surface area contributed by atoms with Gasteiger partial charge in [-0.2, -0.15) is 0 Å². The van der Waals surface area contributed by atoms with Crippen molar-refractivity contribution in [2.24, 2.45) is 0 Å². The molecule has 0 aromatic heterocycles. The van der Waals surface area contributed by atoms with Gasteiger partial charge < -0.3 is 9.84 Å². The van der Waals surface area contributed by atoms with Crippen molar-refractivity contribution in [3.05, 3.63) is 60.2 Å². The molecule has 2 heteroatoms. The number of ether oxygens (including phenoxy) is 1. The molecule has 0 amide bonds. The van der Waals surface area contributed by atoms with Crippen LogP contribution in [0.5, 0.6) is 11.5 Å². The molecule has 0 spiro atoms. The van der Waals surface area contributed by atoms with Crippen LogP contribution in [0.2, 0.25) is 0 Å². The van der Waals surface area contributed by atoms with Crippen molar-refractivity contribution < 1.29 is 9.84 Å². The first-order chi connectivity index (χ1) is 9.65. The van der Waals surface area contributed by atoms with Gasteiger partial charge in [-0.3, -0.25) is 0 Å². The molecule has 1 unspecified atom stereocenters. The number of hydrogen-bond acceptors (Lipinski definition) is 2. The minimum absolute atomic E-state index is 0.186. The molecule has 0 aliphatic rings. The van der Waals surface area contributed by atoms with Crippen molar-refractivity contribution >= 4 is 0 Å². The Morgan fingerprint density at radius 3 is 2.30 bits per heavy atom. The van der Waals surface area contributed by atoms with Gasteiger partial charge in [-0.05, 0) is 37.5 Å². The van der Waals surface area contributed by atoms with E-state index in [0.29, 0.717) is 5.75 Å². The van der Waals surface area contributed by atoms with Crippen LogP contribution in [0, 0.1) is 0 Å². The molecule has 20 heavy (non-hydrogen) atoms. The van der Waals surface area contributed by atoms with Crippen LogP contribution in [0.3, 0.4) is 0 Å². The lowest BCUT2D eigenvalue weighted by Crippen LogP contribution is -2.29. The van der Waals surface area contributed by atoms with E-state index in [1.54, 1.807) is 12.1 Å². The molecule has 0 bridgehead atoms. The molecule has 2 rings (SSSR count).